The van der Waals surface area contributed by atoms with E-state index in [-0.39, 0.29) is 24.3 Å². The van der Waals surface area contributed by atoms with Crippen LogP contribution < -0.4 is 21.9 Å². The first-order chi connectivity index (χ1) is 14.3. The van der Waals surface area contributed by atoms with Crippen LogP contribution in [0.3, 0.4) is 0 Å². The summed E-state index contributed by atoms with van der Waals surface area (Å²) >= 11 is 3.40. The van der Waals surface area contributed by atoms with Crippen molar-refractivity contribution in [1.82, 2.24) is 20.8 Å². The number of hydrazine groups is 1. The van der Waals surface area contributed by atoms with Crippen LogP contribution in [0.25, 0.3) is 0 Å². The molecule has 1 aliphatic rings. The van der Waals surface area contributed by atoms with E-state index in [9.17, 15) is 5.11 Å². The van der Waals surface area contributed by atoms with E-state index in [0.29, 0.717) is 22.1 Å². The number of hydrogen-bond acceptors (Lipinski definition) is 7. The molecule has 0 radical (unpaired) electrons. The minimum Gasteiger partial charge on any atom is -0.511 e. The van der Waals surface area contributed by atoms with E-state index in [1.54, 1.807) is 12.3 Å². The minimum atomic E-state index is -0.195. The van der Waals surface area contributed by atoms with Crippen LogP contribution in [-0.4, -0.2) is 40.0 Å². The van der Waals surface area contributed by atoms with Gasteiger partial charge in [0.25, 0.3) is 0 Å². The van der Waals surface area contributed by atoms with Gasteiger partial charge in [-0.05, 0) is 53.6 Å². The van der Waals surface area contributed by atoms with Crippen molar-refractivity contribution in [3.05, 3.63) is 22.5 Å². The van der Waals surface area contributed by atoms with Gasteiger partial charge in [-0.25, -0.2) is 15.4 Å². The van der Waals surface area contributed by atoms with Gasteiger partial charge in [0.05, 0.1) is 11.0 Å². The van der Waals surface area contributed by atoms with Crippen molar-refractivity contribution >= 4 is 33.5 Å². The fourth-order valence-electron chi connectivity index (χ4n) is 2.00. The molecule has 9 heteroatoms. The fraction of sp³-hybridized carbons (Fsp3) is 0.667. The van der Waals surface area contributed by atoms with Crippen molar-refractivity contribution in [3.8, 4) is 0 Å². The molecule has 0 spiro atoms. The standard InChI is InChI=1S/C17H28BrN7O.2C2H6/c1-10(2)15(19)6-13(26)8-20-17-21-9-14(18)16(24-17)23-11(3)25-22-7-12-4-5-12;2*1-2/h6,9-10,12,15,22,26H,4-5,7-8,19H2,1-3H3,(H2,20,21,23,24,25);2*1-2H3/b13-6-;;. The Hall–Kier alpha value is -1.71. The number of aliphatic hydroxyl groups excluding tert-OH is 1. The van der Waals surface area contributed by atoms with Crippen molar-refractivity contribution < 1.29 is 5.11 Å². The number of aromatic nitrogens is 2. The van der Waals surface area contributed by atoms with Crippen molar-refractivity contribution in [2.75, 3.05) is 18.4 Å². The highest BCUT2D eigenvalue weighted by Crippen LogP contribution is 2.27. The molecule has 1 heterocycles. The summed E-state index contributed by atoms with van der Waals surface area (Å²) in [6.45, 7) is 15.0. The summed E-state index contributed by atoms with van der Waals surface area (Å²) in [5.74, 6) is 2.78. The molecule has 0 bridgehead atoms. The number of nitrogens with one attached hydrogen (secondary N) is 3. The Kier molecular flexibility index (Phi) is 15.1. The second-order valence-corrected chi connectivity index (χ2v) is 7.70. The lowest BCUT2D eigenvalue weighted by molar-refractivity contribution is 0.397. The first-order valence-corrected chi connectivity index (χ1v) is 11.6. The molecule has 6 N–H and O–H groups in total. The molecule has 0 saturated heterocycles. The third-order valence-electron chi connectivity index (χ3n) is 3.94. The van der Waals surface area contributed by atoms with Gasteiger partial charge in [0.2, 0.25) is 5.95 Å². The summed E-state index contributed by atoms with van der Waals surface area (Å²) in [5.41, 5.74) is 12.1. The summed E-state index contributed by atoms with van der Waals surface area (Å²) in [6, 6.07) is -0.195. The summed E-state index contributed by atoms with van der Waals surface area (Å²) in [4.78, 5) is 13.0. The molecular weight excluding hydrogens is 446 g/mol. The van der Waals surface area contributed by atoms with Crippen molar-refractivity contribution in [2.24, 2.45) is 22.6 Å². The third kappa shape index (κ3) is 12.1. The largest absolute Gasteiger partial charge is 0.511 e. The summed E-state index contributed by atoms with van der Waals surface area (Å²) in [7, 11) is 0. The van der Waals surface area contributed by atoms with Crippen LogP contribution in [-0.2, 0) is 0 Å². The summed E-state index contributed by atoms with van der Waals surface area (Å²) < 4.78 is 0.688. The lowest BCUT2D eigenvalue weighted by Gasteiger charge is -2.12. The smallest absolute Gasteiger partial charge is 0.225 e. The predicted octanol–water partition coefficient (Wildman–Crippen LogP) is 4.68. The SMILES string of the molecule is CC.CC.CC(=Nc1nc(NC/C(O)=C/C(N)C(C)C)ncc1Br)NNCC1CC1. The number of aliphatic hydroxyl groups is 1. The highest BCUT2D eigenvalue weighted by molar-refractivity contribution is 9.10. The topological polar surface area (TPSA) is 120 Å². The number of halogens is 1. The van der Waals surface area contributed by atoms with Gasteiger partial charge in [-0.2, -0.15) is 4.98 Å². The van der Waals surface area contributed by atoms with Gasteiger partial charge in [-0.15, -0.1) is 0 Å². The number of hydrogen-bond donors (Lipinski definition) is 5. The Morgan fingerprint density at radius 2 is 1.97 bits per heavy atom. The quantitative estimate of drug-likeness (QED) is 0.149. The van der Waals surface area contributed by atoms with Gasteiger partial charge in [-0.3, -0.25) is 0 Å². The maximum absolute atomic E-state index is 9.95. The average molecular weight is 487 g/mol. The van der Waals surface area contributed by atoms with Crippen LogP contribution in [0.5, 0.6) is 0 Å². The van der Waals surface area contributed by atoms with E-state index in [0.717, 1.165) is 12.5 Å². The van der Waals surface area contributed by atoms with E-state index in [4.69, 9.17) is 5.73 Å². The van der Waals surface area contributed by atoms with E-state index >= 15 is 0 Å². The fourth-order valence-corrected chi connectivity index (χ4v) is 2.28. The van der Waals surface area contributed by atoms with Gasteiger partial charge in [0.15, 0.2) is 5.82 Å². The Bertz CT molecular complexity index is 661. The molecular formula is C21H40BrN7O. The molecule has 1 aliphatic carbocycles. The van der Waals surface area contributed by atoms with Gasteiger partial charge in [-0.1, -0.05) is 41.5 Å². The molecule has 1 saturated carbocycles. The van der Waals surface area contributed by atoms with Crippen LogP contribution in [0.1, 0.15) is 61.3 Å². The number of anilines is 1. The first kappa shape index (κ1) is 28.3. The van der Waals surface area contributed by atoms with Crippen molar-refractivity contribution in [2.45, 2.75) is 67.3 Å². The highest BCUT2D eigenvalue weighted by atomic mass is 79.9. The molecule has 30 heavy (non-hydrogen) atoms. The molecule has 1 aromatic rings. The maximum atomic E-state index is 9.95. The zero-order valence-corrected chi connectivity index (χ0v) is 21.0. The van der Waals surface area contributed by atoms with Crippen LogP contribution in [0, 0.1) is 11.8 Å². The molecule has 1 aromatic heterocycles. The zero-order valence-electron chi connectivity index (χ0n) is 19.5. The van der Waals surface area contributed by atoms with E-state index in [2.05, 4.69) is 47.1 Å². The van der Waals surface area contributed by atoms with Crippen molar-refractivity contribution in [1.29, 1.82) is 0 Å². The molecule has 1 unspecified atom stereocenters. The number of aliphatic imine (C=N–C) groups is 1. The molecule has 8 nitrogen and oxygen atoms in total. The third-order valence-corrected chi connectivity index (χ3v) is 4.50. The van der Waals surface area contributed by atoms with Crippen LogP contribution in [0.15, 0.2) is 27.5 Å². The number of amidine groups is 1. The van der Waals surface area contributed by atoms with E-state index in [1.165, 1.54) is 12.8 Å². The minimum absolute atomic E-state index is 0.157. The van der Waals surface area contributed by atoms with Crippen LogP contribution >= 0.6 is 15.9 Å². The maximum Gasteiger partial charge on any atom is 0.225 e. The first-order valence-electron chi connectivity index (χ1n) is 10.8. The lowest BCUT2D eigenvalue weighted by Crippen LogP contribution is -2.37. The Morgan fingerprint density at radius 1 is 1.33 bits per heavy atom. The Labute approximate surface area is 190 Å². The summed E-state index contributed by atoms with van der Waals surface area (Å²) in [5, 5.41) is 12.9. The predicted molar refractivity (Wildman–Crippen MR) is 131 cm³/mol. The molecule has 1 fully saturated rings. The monoisotopic (exact) mass is 485 g/mol. The number of nitrogens with two attached hydrogens (primary N) is 1. The van der Waals surface area contributed by atoms with Gasteiger partial charge in [0.1, 0.15) is 11.6 Å². The normalized spacial score (nSPS) is 14.9. The average Bonchev–Trinajstić information content (AvgIpc) is 3.56. The van der Waals surface area contributed by atoms with Crippen molar-refractivity contribution in [3.63, 3.8) is 0 Å². The molecule has 172 valence electrons. The second-order valence-electron chi connectivity index (χ2n) is 6.84. The highest BCUT2D eigenvalue weighted by Gasteiger charge is 2.20. The van der Waals surface area contributed by atoms with Crippen LogP contribution in [0.4, 0.5) is 11.8 Å². The van der Waals surface area contributed by atoms with E-state index in [1.807, 2.05) is 48.5 Å². The molecule has 0 aromatic carbocycles. The number of nitrogens with zero attached hydrogens (tertiary/aromatic N) is 3. The molecule has 0 amide bonds. The second kappa shape index (κ2) is 16.0. The lowest BCUT2D eigenvalue weighted by atomic mass is 10.1. The van der Waals surface area contributed by atoms with E-state index < -0.39 is 0 Å². The summed E-state index contributed by atoms with van der Waals surface area (Å²) in [6.07, 6.45) is 5.84. The zero-order chi connectivity index (χ0) is 23.1. The Morgan fingerprint density at radius 3 is 2.53 bits per heavy atom. The molecule has 0 aliphatic heterocycles. The van der Waals surface area contributed by atoms with Crippen LogP contribution in [0.2, 0.25) is 0 Å². The number of rotatable bonds is 9. The Balaban J connectivity index is 0.00000198. The van der Waals surface area contributed by atoms with Gasteiger partial charge < -0.3 is 21.6 Å². The van der Waals surface area contributed by atoms with Gasteiger partial charge in [0, 0.05) is 18.8 Å². The molecule has 2 rings (SSSR count). The molecule has 1 atom stereocenters. The van der Waals surface area contributed by atoms with Gasteiger partial charge >= 0.3 is 0 Å².